The third kappa shape index (κ3) is 6.48. The van der Waals surface area contributed by atoms with Crippen molar-refractivity contribution in [3.8, 4) is 5.75 Å². The summed E-state index contributed by atoms with van der Waals surface area (Å²) in [6.07, 6.45) is 1.30. The molecule has 0 atom stereocenters. The van der Waals surface area contributed by atoms with Crippen molar-refractivity contribution >= 4 is 39.5 Å². The molecule has 3 aromatic carbocycles. The number of nitrogens with one attached hydrogen (secondary N) is 1. The quantitative estimate of drug-likeness (QED) is 0.157. The van der Waals surface area contributed by atoms with Gasteiger partial charge in [0.25, 0.3) is 21.6 Å². The summed E-state index contributed by atoms with van der Waals surface area (Å²) in [5.74, 6) is -0.951. The molecule has 0 aliphatic heterocycles. The molecule has 0 unspecified atom stereocenters. The van der Waals surface area contributed by atoms with Gasteiger partial charge in [0.2, 0.25) is 0 Å². The second kappa shape index (κ2) is 11.0. The highest BCUT2D eigenvalue weighted by Crippen LogP contribution is 2.31. The topological polar surface area (TPSA) is 148 Å². The number of sulfonamides is 1. The summed E-state index contributed by atoms with van der Waals surface area (Å²) in [5, 5.41) is 15.3. The van der Waals surface area contributed by atoms with Crippen LogP contribution in [-0.4, -0.2) is 38.0 Å². The van der Waals surface area contributed by atoms with E-state index < -0.39 is 39.1 Å². The molecule has 0 heterocycles. The van der Waals surface area contributed by atoms with E-state index >= 15 is 0 Å². The minimum atomic E-state index is -4.32. The Labute approximate surface area is 200 Å². The van der Waals surface area contributed by atoms with E-state index in [1.54, 1.807) is 18.2 Å². The van der Waals surface area contributed by atoms with Gasteiger partial charge in [-0.2, -0.15) is 5.10 Å². The minimum absolute atomic E-state index is 0.137. The number of amides is 1. The largest absolute Gasteiger partial charge is 0.427 e. The Kier molecular flexibility index (Phi) is 7.89. The Morgan fingerprint density at radius 2 is 1.66 bits per heavy atom. The molecule has 0 spiro atoms. The molecular formula is C23H20N4O7S. The van der Waals surface area contributed by atoms with E-state index in [-0.39, 0.29) is 10.6 Å². The van der Waals surface area contributed by atoms with Gasteiger partial charge in [0.1, 0.15) is 18.0 Å². The zero-order valence-corrected chi connectivity index (χ0v) is 19.2. The highest BCUT2D eigenvalue weighted by molar-refractivity contribution is 7.92. The maximum absolute atomic E-state index is 13.3. The fourth-order valence-corrected chi connectivity index (χ4v) is 4.44. The summed E-state index contributed by atoms with van der Waals surface area (Å²) in [6, 6.07) is 18.8. The third-order valence-electron chi connectivity index (χ3n) is 4.51. The van der Waals surface area contributed by atoms with Crippen LogP contribution in [-0.2, 0) is 19.6 Å². The number of ether oxygens (including phenoxy) is 1. The van der Waals surface area contributed by atoms with E-state index in [1.807, 2.05) is 0 Å². The molecule has 3 aromatic rings. The molecule has 0 saturated heterocycles. The number of carbonyl (C=O) groups excluding carboxylic acids is 2. The Morgan fingerprint density at radius 3 is 2.29 bits per heavy atom. The first-order valence-electron chi connectivity index (χ1n) is 10.1. The number of para-hydroxylation sites is 2. The molecule has 11 nitrogen and oxygen atoms in total. The van der Waals surface area contributed by atoms with Crippen molar-refractivity contribution in [1.29, 1.82) is 0 Å². The predicted molar refractivity (Wildman–Crippen MR) is 128 cm³/mol. The van der Waals surface area contributed by atoms with Crippen LogP contribution in [0.1, 0.15) is 12.5 Å². The van der Waals surface area contributed by atoms with Crippen LogP contribution in [0.15, 0.2) is 88.9 Å². The number of nitro benzene ring substituents is 1. The summed E-state index contributed by atoms with van der Waals surface area (Å²) >= 11 is 0. The number of anilines is 1. The number of hydrogen-bond acceptors (Lipinski definition) is 8. The SMILES string of the molecule is CC(=O)Oc1ccc(/C=N\NC(=O)CN(c2ccccc2[N+](=O)[O-])S(=O)(=O)c2ccccc2)cc1. The molecule has 0 fully saturated rings. The summed E-state index contributed by atoms with van der Waals surface area (Å²) < 4.78 is 32.2. The normalized spacial score (nSPS) is 11.1. The number of carbonyl (C=O) groups is 2. The van der Waals surface area contributed by atoms with Gasteiger partial charge in [-0.3, -0.25) is 19.7 Å². The van der Waals surface area contributed by atoms with Gasteiger partial charge in [-0.1, -0.05) is 30.3 Å². The van der Waals surface area contributed by atoms with Crippen LogP contribution in [0.5, 0.6) is 5.75 Å². The van der Waals surface area contributed by atoms with Gasteiger partial charge < -0.3 is 4.74 Å². The lowest BCUT2D eigenvalue weighted by atomic mass is 10.2. The molecular weight excluding hydrogens is 476 g/mol. The van der Waals surface area contributed by atoms with E-state index in [1.165, 1.54) is 67.7 Å². The van der Waals surface area contributed by atoms with Crippen LogP contribution >= 0.6 is 0 Å². The molecule has 0 aliphatic rings. The van der Waals surface area contributed by atoms with Gasteiger partial charge >= 0.3 is 5.97 Å². The molecule has 180 valence electrons. The third-order valence-corrected chi connectivity index (χ3v) is 6.28. The fourth-order valence-electron chi connectivity index (χ4n) is 2.98. The van der Waals surface area contributed by atoms with E-state index in [9.17, 15) is 28.1 Å². The van der Waals surface area contributed by atoms with Crippen molar-refractivity contribution in [2.24, 2.45) is 5.10 Å². The van der Waals surface area contributed by atoms with Crippen LogP contribution in [0.25, 0.3) is 0 Å². The molecule has 0 aromatic heterocycles. The molecule has 0 bridgehead atoms. The highest BCUT2D eigenvalue weighted by atomic mass is 32.2. The minimum Gasteiger partial charge on any atom is -0.427 e. The molecule has 1 N–H and O–H groups in total. The molecule has 35 heavy (non-hydrogen) atoms. The lowest BCUT2D eigenvalue weighted by molar-refractivity contribution is -0.384. The molecule has 12 heteroatoms. The molecule has 0 radical (unpaired) electrons. The van der Waals surface area contributed by atoms with Crippen LogP contribution < -0.4 is 14.5 Å². The van der Waals surface area contributed by atoms with Crippen LogP contribution in [0.4, 0.5) is 11.4 Å². The van der Waals surface area contributed by atoms with Gasteiger partial charge in [0.05, 0.1) is 16.0 Å². The lowest BCUT2D eigenvalue weighted by Crippen LogP contribution is -2.39. The Balaban J connectivity index is 1.83. The number of nitro groups is 1. The fraction of sp³-hybridized carbons (Fsp3) is 0.0870. The van der Waals surface area contributed by atoms with Crippen molar-refractivity contribution < 1.29 is 27.7 Å². The van der Waals surface area contributed by atoms with Gasteiger partial charge in [-0.25, -0.2) is 18.1 Å². The van der Waals surface area contributed by atoms with Gasteiger partial charge in [-0.15, -0.1) is 0 Å². The van der Waals surface area contributed by atoms with Crippen molar-refractivity contribution in [2.45, 2.75) is 11.8 Å². The first-order valence-corrected chi connectivity index (χ1v) is 11.5. The Morgan fingerprint density at radius 1 is 1.03 bits per heavy atom. The summed E-state index contributed by atoms with van der Waals surface area (Å²) in [6.45, 7) is 0.515. The zero-order chi connectivity index (χ0) is 25.4. The smallest absolute Gasteiger partial charge is 0.308 e. The molecule has 0 aliphatic carbocycles. The number of benzene rings is 3. The summed E-state index contributed by atoms with van der Waals surface area (Å²) in [4.78, 5) is 34.2. The first-order chi connectivity index (χ1) is 16.7. The Hall–Kier alpha value is -4.58. The average Bonchev–Trinajstić information content (AvgIpc) is 2.84. The molecule has 1 amide bonds. The number of nitrogens with zero attached hydrogens (tertiary/aromatic N) is 3. The van der Waals surface area contributed by atoms with E-state index in [0.29, 0.717) is 15.6 Å². The molecule has 3 rings (SSSR count). The van der Waals surface area contributed by atoms with Crippen molar-refractivity contribution in [1.82, 2.24) is 5.43 Å². The monoisotopic (exact) mass is 496 g/mol. The Bertz CT molecular complexity index is 1360. The second-order valence-electron chi connectivity index (χ2n) is 7.03. The maximum atomic E-state index is 13.3. The number of rotatable bonds is 9. The van der Waals surface area contributed by atoms with E-state index in [2.05, 4.69) is 10.5 Å². The van der Waals surface area contributed by atoms with Crippen molar-refractivity contribution in [2.75, 3.05) is 10.8 Å². The lowest BCUT2D eigenvalue weighted by Gasteiger charge is -2.23. The van der Waals surface area contributed by atoms with Crippen molar-refractivity contribution in [3.63, 3.8) is 0 Å². The van der Waals surface area contributed by atoms with Crippen LogP contribution in [0.2, 0.25) is 0 Å². The van der Waals surface area contributed by atoms with Gasteiger partial charge in [0, 0.05) is 13.0 Å². The van der Waals surface area contributed by atoms with Crippen LogP contribution in [0, 0.1) is 10.1 Å². The first kappa shape index (κ1) is 25.1. The van der Waals surface area contributed by atoms with E-state index in [0.717, 1.165) is 6.07 Å². The number of hydrogen-bond donors (Lipinski definition) is 1. The predicted octanol–water partition coefficient (Wildman–Crippen LogP) is 2.87. The van der Waals surface area contributed by atoms with Gasteiger partial charge in [0.15, 0.2) is 0 Å². The standard InChI is InChI=1S/C23H20N4O7S/c1-17(28)34-19-13-11-18(12-14-19)15-24-25-23(29)16-26(21-9-5-6-10-22(21)27(30)31)35(32,33)20-7-3-2-4-8-20/h2-15H,16H2,1H3,(H,25,29)/b24-15-. The van der Waals surface area contributed by atoms with E-state index in [4.69, 9.17) is 4.74 Å². The van der Waals surface area contributed by atoms with Crippen LogP contribution in [0.3, 0.4) is 0 Å². The maximum Gasteiger partial charge on any atom is 0.308 e. The second-order valence-corrected chi connectivity index (χ2v) is 8.89. The van der Waals surface area contributed by atoms with Gasteiger partial charge in [-0.05, 0) is 48.0 Å². The summed E-state index contributed by atoms with van der Waals surface area (Å²) in [5.41, 5.74) is 2.04. The summed E-state index contributed by atoms with van der Waals surface area (Å²) in [7, 11) is -4.32. The average molecular weight is 497 g/mol. The molecule has 0 saturated carbocycles. The number of esters is 1. The number of hydrazone groups is 1. The zero-order valence-electron chi connectivity index (χ0n) is 18.4. The van der Waals surface area contributed by atoms with Crippen molar-refractivity contribution in [3.05, 3.63) is 94.5 Å². The highest BCUT2D eigenvalue weighted by Gasteiger charge is 2.31.